The second-order valence-electron chi connectivity index (χ2n) is 4.34. The van der Waals surface area contributed by atoms with Gasteiger partial charge in [-0.25, -0.2) is 4.98 Å². The monoisotopic (exact) mass is 368 g/mol. The molecule has 0 aliphatic carbocycles. The first kappa shape index (κ1) is 17.9. The largest absolute Gasteiger partial charge is 0.471 e. The van der Waals surface area contributed by atoms with Crippen LogP contribution in [0.25, 0.3) is 0 Å². The van der Waals surface area contributed by atoms with Gasteiger partial charge in [-0.1, -0.05) is 41.7 Å². The quantitative estimate of drug-likeness (QED) is 0.661. The van der Waals surface area contributed by atoms with Gasteiger partial charge >= 0.3 is 18.3 Å². The lowest BCUT2D eigenvalue weighted by molar-refractivity contribution is -0.167. The molecule has 0 bridgehead atoms. The van der Waals surface area contributed by atoms with Gasteiger partial charge < -0.3 is 0 Å². The summed E-state index contributed by atoms with van der Waals surface area (Å²) in [5.41, 5.74) is -1.75. The maximum absolute atomic E-state index is 13.0. The van der Waals surface area contributed by atoms with Crippen molar-refractivity contribution in [1.29, 1.82) is 0 Å². The minimum absolute atomic E-state index is 0.0212. The van der Waals surface area contributed by atoms with Crippen molar-refractivity contribution in [2.24, 2.45) is 0 Å². The highest BCUT2D eigenvalue weighted by Crippen LogP contribution is 2.37. The fourth-order valence-corrected chi connectivity index (χ4v) is 2.55. The summed E-state index contributed by atoms with van der Waals surface area (Å²) in [7, 11) is 0. The topological polar surface area (TPSA) is 59.1 Å². The molecular weight excluding hydrogens is 362 g/mol. The van der Waals surface area contributed by atoms with E-state index in [1.165, 1.54) is 35.6 Å². The molecule has 1 heterocycles. The number of hydrogen-bond acceptors (Lipinski definition) is 4. The number of carbonyl (C=O) groups excluding carboxylic acids is 2. The molecule has 0 atom stereocenters. The predicted octanol–water partition coefficient (Wildman–Crippen LogP) is 3.89. The van der Waals surface area contributed by atoms with Crippen molar-refractivity contribution < 1.29 is 35.9 Å². The summed E-state index contributed by atoms with van der Waals surface area (Å²) in [5, 5.41) is 0.244. The lowest BCUT2D eigenvalue weighted by Crippen LogP contribution is -2.29. The molecule has 2 rings (SSSR count). The lowest BCUT2D eigenvalue weighted by atomic mass is 10.1. The van der Waals surface area contributed by atoms with Crippen molar-refractivity contribution in [2.75, 3.05) is 5.32 Å². The summed E-state index contributed by atoms with van der Waals surface area (Å²) < 4.78 is 75.4. The van der Waals surface area contributed by atoms with E-state index in [9.17, 15) is 35.9 Å². The van der Waals surface area contributed by atoms with Crippen LogP contribution in [0.3, 0.4) is 0 Å². The Morgan fingerprint density at radius 3 is 2.08 bits per heavy atom. The number of nitrogens with zero attached hydrogens (tertiary/aromatic N) is 1. The standard InChI is InChI=1S/C13H6F6N2O2S/c14-12(15,16)9-8(7(22)6-4-2-1-3-5-6)24-11(20-9)21-10(23)13(17,18)19/h1-5H,(H,20,21,23). The number of nitrogens with one attached hydrogen (secondary N) is 1. The van der Waals surface area contributed by atoms with E-state index in [2.05, 4.69) is 4.98 Å². The van der Waals surface area contributed by atoms with Crippen LogP contribution in [0.4, 0.5) is 31.5 Å². The van der Waals surface area contributed by atoms with E-state index in [1.807, 2.05) is 0 Å². The summed E-state index contributed by atoms with van der Waals surface area (Å²) in [6, 6.07) is 6.84. The molecule has 0 saturated carbocycles. The number of ketones is 1. The predicted molar refractivity (Wildman–Crippen MR) is 71.7 cm³/mol. The van der Waals surface area contributed by atoms with Crippen LogP contribution in [0, 0.1) is 0 Å². The third-order valence-corrected chi connectivity index (χ3v) is 3.59. The number of rotatable bonds is 3. The van der Waals surface area contributed by atoms with E-state index in [0.717, 1.165) is 0 Å². The summed E-state index contributed by atoms with van der Waals surface area (Å²) in [5.74, 6) is -3.54. The van der Waals surface area contributed by atoms with Crippen molar-refractivity contribution >= 4 is 28.2 Å². The van der Waals surface area contributed by atoms with Crippen molar-refractivity contribution in [3.8, 4) is 0 Å². The summed E-state index contributed by atoms with van der Waals surface area (Å²) >= 11 is 0.0212. The van der Waals surface area contributed by atoms with Gasteiger partial charge in [-0.2, -0.15) is 26.3 Å². The van der Waals surface area contributed by atoms with E-state index < -0.39 is 39.7 Å². The molecule has 0 spiro atoms. The average Bonchev–Trinajstić information content (AvgIpc) is 2.90. The summed E-state index contributed by atoms with van der Waals surface area (Å²) in [4.78, 5) is 25.0. The number of benzene rings is 1. The van der Waals surface area contributed by atoms with Crippen LogP contribution < -0.4 is 5.32 Å². The van der Waals surface area contributed by atoms with E-state index in [1.54, 1.807) is 0 Å². The molecule has 0 aliphatic heterocycles. The van der Waals surface area contributed by atoms with Gasteiger partial charge in [0.2, 0.25) is 5.78 Å². The number of aromatic nitrogens is 1. The van der Waals surface area contributed by atoms with Crippen LogP contribution in [-0.4, -0.2) is 22.9 Å². The molecule has 2 aromatic rings. The molecular formula is C13H6F6N2O2S. The van der Waals surface area contributed by atoms with E-state index in [0.29, 0.717) is 0 Å². The molecule has 0 fully saturated rings. The van der Waals surface area contributed by atoms with Gasteiger partial charge in [-0.15, -0.1) is 0 Å². The Balaban J connectivity index is 2.44. The van der Waals surface area contributed by atoms with Crippen LogP contribution in [0.5, 0.6) is 0 Å². The van der Waals surface area contributed by atoms with E-state index >= 15 is 0 Å². The zero-order valence-electron chi connectivity index (χ0n) is 11.3. The molecule has 0 saturated heterocycles. The number of thiazole rings is 1. The molecule has 0 radical (unpaired) electrons. The highest BCUT2D eigenvalue weighted by molar-refractivity contribution is 7.18. The molecule has 1 amide bonds. The first-order valence-electron chi connectivity index (χ1n) is 6.06. The molecule has 1 N–H and O–H groups in total. The van der Waals surface area contributed by atoms with Crippen LogP contribution in [-0.2, 0) is 11.0 Å². The van der Waals surface area contributed by atoms with Gasteiger partial charge in [0.15, 0.2) is 10.8 Å². The van der Waals surface area contributed by atoms with Gasteiger partial charge in [0.05, 0.1) is 0 Å². The maximum atomic E-state index is 13.0. The number of amides is 1. The molecule has 4 nitrogen and oxygen atoms in total. The van der Waals surface area contributed by atoms with Gasteiger partial charge in [-0.3, -0.25) is 14.9 Å². The Morgan fingerprint density at radius 2 is 1.58 bits per heavy atom. The van der Waals surface area contributed by atoms with Crippen LogP contribution in [0.2, 0.25) is 0 Å². The average molecular weight is 368 g/mol. The fourth-order valence-electron chi connectivity index (χ4n) is 1.61. The molecule has 0 unspecified atom stereocenters. The SMILES string of the molecule is O=C(c1ccccc1)c1sc(NC(=O)C(F)(F)F)nc1C(F)(F)F. The third-order valence-electron chi connectivity index (χ3n) is 2.62. The second-order valence-corrected chi connectivity index (χ2v) is 5.34. The van der Waals surface area contributed by atoms with Crippen molar-refractivity contribution in [2.45, 2.75) is 12.4 Å². The molecule has 1 aromatic carbocycles. The Hall–Kier alpha value is -2.43. The highest BCUT2D eigenvalue weighted by Gasteiger charge is 2.42. The van der Waals surface area contributed by atoms with Crippen LogP contribution in [0.1, 0.15) is 20.9 Å². The first-order chi connectivity index (χ1) is 11.0. The van der Waals surface area contributed by atoms with Gasteiger partial charge in [-0.05, 0) is 0 Å². The summed E-state index contributed by atoms with van der Waals surface area (Å²) in [6.45, 7) is 0. The van der Waals surface area contributed by atoms with Crippen LogP contribution >= 0.6 is 11.3 Å². The molecule has 128 valence electrons. The number of halogens is 6. The Labute approximate surface area is 134 Å². The second kappa shape index (κ2) is 6.23. The van der Waals surface area contributed by atoms with Gasteiger partial charge in [0.1, 0.15) is 4.88 Å². The Bertz CT molecular complexity index is 767. The molecule has 24 heavy (non-hydrogen) atoms. The first-order valence-corrected chi connectivity index (χ1v) is 6.87. The normalized spacial score (nSPS) is 12.1. The number of anilines is 1. The third kappa shape index (κ3) is 3.91. The Morgan fingerprint density at radius 1 is 1.00 bits per heavy atom. The Kier molecular flexibility index (Phi) is 4.65. The smallest absolute Gasteiger partial charge is 0.294 e. The van der Waals surface area contributed by atoms with E-state index in [4.69, 9.17) is 0 Å². The van der Waals surface area contributed by atoms with E-state index in [-0.39, 0.29) is 16.9 Å². The molecule has 11 heteroatoms. The molecule has 0 aliphatic rings. The summed E-state index contributed by atoms with van der Waals surface area (Å²) in [6.07, 6.45) is -10.4. The fraction of sp³-hybridized carbons (Fsp3) is 0.154. The number of carbonyl (C=O) groups is 2. The van der Waals surface area contributed by atoms with Crippen molar-refractivity contribution in [3.63, 3.8) is 0 Å². The zero-order chi connectivity index (χ0) is 18.1. The minimum atomic E-state index is -5.30. The van der Waals surface area contributed by atoms with Crippen molar-refractivity contribution in [3.05, 3.63) is 46.5 Å². The lowest BCUT2D eigenvalue weighted by Gasteiger charge is -2.05. The molecule has 1 aromatic heterocycles. The van der Waals surface area contributed by atoms with Crippen molar-refractivity contribution in [1.82, 2.24) is 4.98 Å². The number of hydrogen-bond donors (Lipinski definition) is 1. The van der Waals surface area contributed by atoms with Gasteiger partial charge in [0, 0.05) is 5.56 Å². The van der Waals surface area contributed by atoms with Crippen LogP contribution in [0.15, 0.2) is 30.3 Å². The maximum Gasteiger partial charge on any atom is 0.471 e. The number of alkyl halides is 6. The zero-order valence-corrected chi connectivity index (χ0v) is 12.1. The van der Waals surface area contributed by atoms with Gasteiger partial charge in [0.25, 0.3) is 0 Å². The highest BCUT2D eigenvalue weighted by atomic mass is 32.1. The minimum Gasteiger partial charge on any atom is -0.294 e.